The SMILES string of the molecule is CCCCCCN(CC)c1cc([N+](=O)[O-])cc(C)[n+]1[O-]. The summed E-state index contributed by atoms with van der Waals surface area (Å²) >= 11 is 0. The molecule has 0 bridgehead atoms. The van der Waals surface area contributed by atoms with E-state index in [9.17, 15) is 15.3 Å². The Labute approximate surface area is 119 Å². The topological polar surface area (TPSA) is 73.3 Å². The van der Waals surface area contributed by atoms with Gasteiger partial charge < -0.3 is 5.21 Å². The van der Waals surface area contributed by atoms with Crippen LogP contribution in [0.5, 0.6) is 0 Å². The fourth-order valence-electron chi connectivity index (χ4n) is 2.18. The molecule has 112 valence electrons. The number of aryl methyl sites for hydroxylation is 1. The van der Waals surface area contributed by atoms with Crippen LogP contribution >= 0.6 is 0 Å². The van der Waals surface area contributed by atoms with E-state index in [1.54, 1.807) is 6.92 Å². The van der Waals surface area contributed by atoms with E-state index in [2.05, 4.69) is 6.92 Å². The molecule has 0 unspecified atom stereocenters. The molecule has 0 aliphatic carbocycles. The van der Waals surface area contributed by atoms with Crippen LogP contribution in [-0.2, 0) is 0 Å². The summed E-state index contributed by atoms with van der Waals surface area (Å²) < 4.78 is 0.774. The van der Waals surface area contributed by atoms with Crippen molar-refractivity contribution in [3.05, 3.63) is 33.1 Å². The van der Waals surface area contributed by atoms with Gasteiger partial charge in [-0.1, -0.05) is 19.8 Å². The van der Waals surface area contributed by atoms with Crippen LogP contribution in [0.4, 0.5) is 11.5 Å². The van der Waals surface area contributed by atoms with Gasteiger partial charge in [-0.3, -0.25) is 15.0 Å². The van der Waals surface area contributed by atoms with Gasteiger partial charge >= 0.3 is 0 Å². The lowest BCUT2D eigenvalue weighted by Gasteiger charge is -2.20. The Balaban J connectivity index is 2.93. The first-order valence-electron chi connectivity index (χ1n) is 7.14. The minimum absolute atomic E-state index is 0.0309. The van der Waals surface area contributed by atoms with Crippen molar-refractivity contribution in [2.24, 2.45) is 0 Å². The van der Waals surface area contributed by atoms with Crippen molar-refractivity contribution in [3.63, 3.8) is 0 Å². The molecular formula is C14H23N3O3. The molecule has 1 aromatic heterocycles. The molecule has 0 amide bonds. The highest BCUT2D eigenvalue weighted by Gasteiger charge is 2.21. The Hall–Kier alpha value is -1.85. The molecule has 0 N–H and O–H groups in total. The molecule has 0 saturated heterocycles. The summed E-state index contributed by atoms with van der Waals surface area (Å²) in [6.45, 7) is 7.10. The number of anilines is 1. The van der Waals surface area contributed by atoms with Crippen LogP contribution in [0.2, 0.25) is 0 Å². The predicted octanol–water partition coefficient (Wildman–Crippen LogP) is 2.94. The van der Waals surface area contributed by atoms with E-state index in [-0.39, 0.29) is 5.69 Å². The van der Waals surface area contributed by atoms with Gasteiger partial charge in [0.25, 0.3) is 11.5 Å². The maximum Gasteiger partial charge on any atom is 0.286 e. The summed E-state index contributed by atoms with van der Waals surface area (Å²) in [5, 5.41) is 23.0. The van der Waals surface area contributed by atoms with Crippen molar-refractivity contribution in [2.45, 2.75) is 46.5 Å². The molecule has 0 aliphatic rings. The molecule has 1 heterocycles. The summed E-state index contributed by atoms with van der Waals surface area (Å²) in [4.78, 5) is 12.4. The van der Waals surface area contributed by atoms with Crippen LogP contribution in [0.3, 0.4) is 0 Å². The molecular weight excluding hydrogens is 258 g/mol. The van der Waals surface area contributed by atoms with E-state index < -0.39 is 4.92 Å². The molecule has 0 fully saturated rings. The van der Waals surface area contributed by atoms with E-state index in [1.807, 2.05) is 11.8 Å². The number of unbranched alkanes of at least 4 members (excludes halogenated alkanes) is 3. The Morgan fingerprint density at radius 1 is 1.25 bits per heavy atom. The zero-order valence-corrected chi connectivity index (χ0v) is 12.5. The standard InChI is InChI=1S/C14H23N3O3/c1-4-6-7-8-9-15(5-2)14-11-13(17(19)20)10-12(3)16(14)18/h10-11H,4-9H2,1-3H3. The first-order valence-corrected chi connectivity index (χ1v) is 7.14. The zero-order valence-electron chi connectivity index (χ0n) is 12.5. The largest absolute Gasteiger partial charge is 0.710 e. The van der Waals surface area contributed by atoms with Gasteiger partial charge in [0.15, 0.2) is 0 Å². The smallest absolute Gasteiger partial charge is 0.286 e. The van der Waals surface area contributed by atoms with E-state index in [4.69, 9.17) is 0 Å². The molecule has 0 atom stereocenters. The zero-order chi connectivity index (χ0) is 15.1. The minimum Gasteiger partial charge on any atom is -0.710 e. The van der Waals surface area contributed by atoms with Crippen molar-refractivity contribution in [3.8, 4) is 0 Å². The van der Waals surface area contributed by atoms with Gasteiger partial charge in [0.1, 0.15) is 11.8 Å². The Morgan fingerprint density at radius 3 is 2.50 bits per heavy atom. The molecule has 0 aliphatic heterocycles. The van der Waals surface area contributed by atoms with Crippen LogP contribution in [0, 0.1) is 22.2 Å². The molecule has 0 radical (unpaired) electrons. The predicted molar refractivity (Wildman–Crippen MR) is 78.8 cm³/mol. The average molecular weight is 281 g/mol. The summed E-state index contributed by atoms with van der Waals surface area (Å²) in [5.74, 6) is 0.371. The van der Waals surface area contributed by atoms with Crippen LogP contribution in [0.25, 0.3) is 0 Å². The van der Waals surface area contributed by atoms with Crippen LogP contribution in [0.15, 0.2) is 12.1 Å². The number of aromatic nitrogens is 1. The molecule has 0 aromatic carbocycles. The van der Waals surface area contributed by atoms with E-state index >= 15 is 0 Å². The lowest BCUT2D eigenvalue weighted by atomic mass is 10.2. The normalized spacial score (nSPS) is 10.6. The fraction of sp³-hybridized carbons (Fsp3) is 0.643. The van der Waals surface area contributed by atoms with Gasteiger partial charge in [0.2, 0.25) is 0 Å². The number of hydrogen-bond donors (Lipinski definition) is 0. The van der Waals surface area contributed by atoms with Crippen molar-refractivity contribution in [1.29, 1.82) is 0 Å². The third-order valence-corrected chi connectivity index (χ3v) is 3.36. The van der Waals surface area contributed by atoms with E-state index in [0.717, 1.165) is 30.5 Å². The number of rotatable bonds is 8. The van der Waals surface area contributed by atoms with E-state index in [1.165, 1.54) is 18.6 Å². The molecule has 6 heteroatoms. The second-order valence-electron chi connectivity index (χ2n) is 4.90. The highest BCUT2D eigenvalue weighted by atomic mass is 16.6. The molecule has 0 spiro atoms. The Morgan fingerprint density at radius 2 is 1.95 bits per heavy atom. The third-order valence-electron chi connectivity index (χ3n) is 3.36. The summed E-state index contributed by atoms with van der Waals surface area (Å²) in [7, 11) is 0. The maximum absolute atomic E-state index is 12.1. The van der Waals surface area contributed by atoms with E-state index in [0.29, 0.717) is 18.1 Å². The van der Waals surface area contributed by atoms with Gasteiger partial charge in [0, 0.05) is 0 Å². The maximum atomic E-state index is 12.1. The van der Waals surface area contributed by atoms with Gasteiger partial charge in [0.05, 0.1) is 24.1 Å². The Bertz CT molecular complexity index is 463. The summed E-state index contributed by atoms with van der Waals surface area (Å²) in [6.07, 6.45) is 4.43. The number of nitro groups is 1. The van der Waals surface area contributed by atoms with Crippen molar-refractivity contribution in [2.75, 3.05) is 18.0 Å². The van der Waals surface area contributed by atoms with Crippen molar-refractivity contribution in [1.82, 2.24) is 0 Å². The molecule has 1 rings (SSSR count). The molecule has 0 saturated carbocycles. The monoisotopic (exact) mass is 281 g/mol. The van der Waals surface area contributed by atoms with Gasteiger partial charge in [-0.15, -0.1) is 0 Å². The van der Waals surface area contributed by atoms with Crippen LogP contribution in [0.1, 0.15) is 45.2 Å². The van der Waals surface area contributed by atoms with Gasteiger partial charge in [-0.25, -0.2) is 4.73 Å². The van der Waals surface area contributed by atoms with Gasteiger partial charge in [-0.2, -0.15) is 0 Å². The third kappa shape index (κ3) is 4.08. The number of nitrogens with zero attached hydrogens (tertiary/aromatic N) is 3. The average Bonchev–Trinajstić information content (AvgIpc) is 2.42. The minimum atomic E-state index is -0.457. The molecule has 20 heavy (non-hydrogen) atoms. The first kappa shape index (κ1) is 16.2. The van der Waals surface area contributed by atoms with Crippen LogP contribution in [-0.4, -0.2) is 18.0 Å². The summed E-state index contributed by atoms with van der Waals surface area (Å²) in [5.41, 5.74) is 0.317. The van der Waals surface area contributed by atoms with Crippen molar-refractivity contribution < 1.29 is 9.65 Å². The quantitative estimate of drug-likeness (QED) is 0.241. The highest BCUT2D eigenvalue weighted by molar-refractivity contribution is 5.44. The lowest BCUT2D eigenvalue weighted by Crippen LogP contribution is -2.40. The number of pyridine rings is 1. The van der Waals surface area contributed by atoms with Crippen LogP contribution < -0.4 is 9.63 Å². The first-order chi connectivity index (χ1) is 9.51. The lowest BCUT2D eigenvalue weighted by molar-refractivity contribution is -0.600. The second-order valence-corrected chi connectivity index (χ2v) is 4.90. The number of hydrogen-bond acceptors (Lipinski definition) is 4. The highest BCUT2D eigenvalue weighted by Crippen LogP contribution is 2.19. The molecule has 6 nitrogen and oxygen atoms in total. The van der Waals surface area contributed by atoms with Crippen molar-refractivity contribution >= 4 is 11.5 Å². The van der Waals surface area contributed by atoms with Gasteiger partial charge in [-0.05, 0) is 26.7 Å². The Kier molecular flexibility index (Phi) is 6.21. The summed E-state index contributed by atoms with van der Waals surface area (Å²) in [6, 6.07) is 2.67. The second kappa shape index (κ2) is 7.67. The molecule has 1 aromatic rings. The fourth-order valence-corrected chi connectivity index (χ4v) is 2.18.